The molecule has 21 nitrogen and oxygen atoms in total. The normalized spacial score (nSPS) is 24.0. The third-order valence-electron chi connectivity index (χ3n) is 23.6. The van der Waals surface area contributed by atoms with Gasteiger partial charge in [0.05, 0.1) is 87.7 Å². The van der Waals surface area contributed by atoms with E-state index < -0.39 is 26.6 Å². The largest absolute Gasteiger partial charge is 0.504 e. The lowest BCUT2D eigenvalue weighted by molar-refractivity contribution is -0.0752. The lowest BCUT2D eigenvalue weighted by Crippen LogP contribution is -2.68. The summed E-state index contributed by atoms with van der Waals surface area (Å²) >= 11 is 0. The zero-order valence-corrected chi connectivity index (χ0v) is 64.1. The summed E-state index contributed by atoms with van der Waals surface area (Å²) in [5, 5.41) is 62.1. The van der Waals surface area contributed by atoms with E-state index in [4.69, 9.17) is 53.6 Å². The maximum absolute atomic E-state index is 12.2. The summed E-state index contributed by atoms with van der Waals surface area (Å²) in [6.07, 6.45) is 10.0. The van der Waals surface area contributed by atoms with Crippen molar-refractivity contribution >= 4 is 8.32 Å². The highest BCUT2D eigenvalue weighted by Crippen LogP contribution is 2.61. The second kappa shape index (κ2) is 32.2. The monoisotopic (exact) mass is 1390 g/mol. The third-order valence-corrected chi connectivity index (χ3v) is 29.0. The zero-order chi connectivity index (χ0) is 72.4. The fraction of sp³-hybridized carbons (Fsp3) is 0.662. The molecule has 546 valence electrons. The second-order valence-corrected chi connectivity index (χ2v) is 33.9. The molecular weight excluding hydrogens is 1270 g/mol. The molecule has 6 heterocycles. The van der Waals surface area contributed by atoms with E-state index in [9.17, 15) is 25.7 Å². The summed E-state index contributed by atoms with van der Waals surface area (Å²) in [5.74, 6) is 4.88. The predicted molar refractivity (Wildman–Crippen MR) is 387 cm³/mol. The van der Waals surface area contributed by atoms with Gasteiger partial charge in [-0.3, -0.25) is 19.5 Å². The Bertz CT molecular complexity index is 3620. The van der Waals surface area contributed by atoms with Crippen LogP contribution < -0.4 is 43.2 Å². The number of phenols is 4. The molecule has 0 spiro atoms. The van der Waals surface area contributed by atoms with Crippen molar-refractivity contribution in [3.63, 3.8) is 0 Å². The van der Waals surface area contributed by atoms with E-state index in [1.54, 1.807) is 56.9 Å². The van der Waals surface area contributed by atoms with Crippen LogP contribution in [0.2, 0.25) is 17.6 Å². The van der Waals surface area contributed by atoms with Crippen LogP contribution in [0.5, 0.6) is 69.0 Å². The van der Waals surface area contributed by atoms with Crippen LogP contribution in [0.15, 0.2) is 0 Å². The van der Waals surface area contributed by atoms with E-state index in [0.29, 0.717) is 109 Å². The maximum atomic E-state index is 12.2. The number of unbranched alkanes of at least 4 members (excludes halogenated alkanes) is 4. The van der Waals surface area contributed by atoms with Crippen LogP contribution >= 0.6 is 0 Å². The number of phenolic OH excluding ortho intramolecular Hbond substituents is 4. The van der Waals surface area contributed by atoms with Crippen LogP contribution in [0.1, 0.15) is 190 Å². The Kier molecular flexibility index (Phi) is 24.9. The number of hydrogen-bond acceptors (Lipinski definition) is 20. The lowest BCUT2D eigenvalue weighted by atomic mass is 9.71. The fourth-order valence-corrected chi connectivity index (χ4v) is 20.8. The highest BCUT2D eigenvalue weighted by Gasteiger charge is 2.58. The molecule has 0 radical (unpaired) electrons. The van der Waals surface area contributed by atoms with Gasteiger partial charge < -0.3 is 72.8 Å². The van der Waals surface area contributed by atoms with Gasteiger partial charge in [0.15, 0.2) is 54.3 Å². The molecule has 5 N–H and O–H groups in total. The zero-order valence-electron chi connectivity index (χ0n) is 63.1. The van der Waals surface area contributed by atoms with Gasteiger partial charge in [-0.25, -0.2) is 11.5 Å². The summed E-state index contributed by atoms with van der Waals surface area (Å²) in [6, 6.07) is 0.311. The molecule has 4 aromatic carbocycles. The van der Waals surface area contributed by atoms with E-state index in [-0.39, 0.29) is 71.4 Å². The number of nitrogens with one attached hydrogen (secondary N) is 1. The molecule has 6 aliphatic heterocycles. The fourth-order valence-electron chi connectivity index (χ4n) is 18.2. The number of ether oxygens (including phenoxy) is 9. The van der Waals surface area contributed by atoms with E-state index >= 15 is 0 Å². The SMILES string of the molecule is CCCCCC1c2c(O)c(OC)c(C)c(OC)c2C[C@H]2[C@H]3c4c(O)c(OC)c(C)c(OC)c4C[C@@H]([C@H](C#N)N12)N3C.[C-]#[N+]C(C1Cc2c(OC)c(C)c(OC)c(O)c2C(C2Cc3c(OC)c(C)c(OC)c(O)c3[C@H](CCCCC)N2)N1C)N1CCO[C@@H](CCO[Si](C)(C(C)C)C(C)C)C1. The molecular formula is C77H115N7O14Si. The van der Waals surface area contributed by atoms with Crippen LogP contribution in [-0.2, 0) is 34.8 Å². The number of fused-ring (bicyclic) bond motifs is 9. The average Bonchev–Trinajstić information content (AvgIpc) is 0.699. The molecule has 10 rings (SSSR count). The Hall–Kier alpha value is -6.60. The van der Waals surface area contributed by atoms with Gasteiger partial charge >= 0.3 is 0 Å². The van der Waals surface area contributed by atoms with Crippen LogP contribution in [-0.4, -0.2) is 188 Å². The molecule has 11 atom stereocenters. The molecule has 99 heavy (non-hydrogen) atoms. The van der Waals surface area contributed by atoms with Crippen LogP contribution in [0.4, 0.5) is 0 Å². The van der Waals surface area contributed by atoms with Gasteiger partial charge in [-0.1, -0.05) is 80.1 Å². The van der Waals surface area contributed by atoms with E-state index in [1.165, 1.54) is 0 Å². The maximum Gasteiger partial charge on any atom is 0.295 e. The van der Waals surface area contributed by atoms with Crippen molar-refractivity contribution in [2.45, 2.75) is 237 Å². The van der Waals surface area contributed by atoms with Crippen LogP contribution in [0, 0.1) is 45.6 Å². The predicted octanol–water partition coefficient (Wildman–Crippen LogP) is 13.3. The summed E-state index contributed by atoms with van der Waals surface area (Å²) in [4.78, 5) is 13.5. The molecule has 0 saturated carbocycles. The van der Waals surface area contributed by atoms with E-state index in [0.717, 1.165) is 125 Å². The minimum atomic E-state index is -1.91. The summed E-state index contributed by atoms with van der Waals surface area (Å²) in [6.45, 7) is 34.6. The minimum absolute atomic E-state index is 0.0431. The number of rotatable bonds is 25. The highest BCUT2D eigenvalue weighted by molar-refractivity contribution is 6.75. The van der Waals surface area contributed by atoms with E-state index in [2.05, 4.69) is 91.0 Å². The van der Waals surface area contributed by atoms with Crippen molar-refractivity contribution in [3.05, 3.63) is 78.2 Å². The van der Waals surface area contributed by atoms with Crippen molar-refractivity contribution in [2.75, 3.05) is 97.3 Å². The summed E-state index contributed by atoms with van der Waals surface area (Å²) in [5.41, 5.74) is 10.8. The molecule has 5 unspecified atom stereocenters. The van der Waals surface area contributed by atoms with E-state index in [1.807, 2.05) is 34.7 Å². The molecule has 2 bridgehead atoms. The number of piperazine rings is 1. The Balaban J connectivity index is 0.000000245. The average molecular weight is 1390 g/mol. The topological polar surface area (TPSA) is 226 Å². The standard InChI is InChI=1S/C45H72N4O8Si.C32H43N3O6/c1-15-16-17-18-33-36-31(41(52-10)28(6)43(54-12)39(36)50)23-34(47-33)38-37-32(42(53-11)29(7)44(55-13)40(37)51)24-35(48(38)9)45(46-8)49-20-22-56-30(25-49)19-21-57-58(14,26(2)3)27(4)5;1-9-10-11-12-20-24-18(29(38-5)16(2)31(40-7)27(24)36)14-22-26-25-19(13-21(34(26)4)23(15-33)35(20)22)30(39-6)17(3)32(41-8)28(25)37/h26-27,30,33-35,38,45,47,50-51H,15-25H2,1-7,9-14H3;20-23,26,36-37H,9-14H2,1-8H3/t30-,33-,34?,35?,38?,45?;20?,21-,22-,23-,26-/m00/s1. The lowest BCUT2D eigenvalue weighted by Gasteiger charge is -2.60. The summed E-state index contributed by atoms with van der Waals surface area (Å²) < 4.78 is 60.1. The van der Waals surface area contributed by atoms with Gasteiger partial charge in [0.2, 0.25) is 0 Å². The number of hydrogen-bond donors (Lipinski definition) is 5. The second-order valence-electron chi connectivity index (χ2n) is 29.0. The van der Waals surface area contributed by atoms with Crippen LogP contribution in [0.25, 0.3) is 4.85 Å². The number of nitriles is 1. The van der Waals surface area contributed by atoms with Crippen molar-refractivity contribution in [3.8, 4) is 75.1 Å². The van der Waals surface area contributed by atoms with Gasteiger partial charge in [-0.05, 0) is 97.9 Å². The Morgan fingerprint density at radius 2 is 1.03 bits per heavy atom. The first kappa shape index (κ1) is 76.6. The number of morpholine rings is 1. The quantitative estimate of drug-likeness (QED) is 0.0236. The molecule has 2 saturated heterocycles. The molecule has 0 aromatic heterocycles. The summed E-state index contributed by atoms with van der Waals surface area (Å²) in [7, 11) is 15.1. The Morgan fingerprint density at radius 1 is 0.586 bits per heavy atom. The first-order chi connectivity index (χ1) is 47.4. The molecule has 22 heteroatoms. The van der Waals surface area contributed by atoms with Crippen molar-refractivity contribution in [1.82, 2.24) is 24.9 Å². The Labute approximate surface area is 590 Å². The number of likely N-dealkylation sites (N-methyl/N-ethyl adjacent to an activating group) is 2. The molecule has 4 aromatic rings. The number of benzene rings is 4. The van der Waals surface area contributed by atoms with Crippen molar-refractivity contribution < 1.29 is 67.5 Å². The number of aromatic hydroxyl groups is 4. The first-order valence-electron chi connectivity index (χ1n) is 35.9. The van der Waals surface area contributed by atoms with Crippen LogP contribution in [0.3, 0.4) is 0 Å². The smallest absolute Gasteiger partial charge is 0.295 e. The molecule has 2 fully saturated rings. The number of methoxy groups -OCH3 is 8. The molecule has 6 aliphatic rings. The van der Waals surface area contributed by atoms with Gasteiger partial charge in [-0.15, -0.1) is 0 Å². The Morgan fingerprint density at radius 3 is 1.51 bits per heavy atom. The highest BCUT2D eigenvalue weighted by atomic mass is 28.4. The van der Waals surface area contributed by atoms with Gasteiger partial charge in [0.1, 0.15) is 35.1 Å². The third kappa shape index (κ3) is 13.5. The van der Waals surface area contributed by atoms with Gasteiger partial charge in [0.25, 0.3) is 6.17 Å². The van der Waals surface area contributed by atoms with Crippen molar-refractivity contribution in [2.24, 2.45) is 0 Å². The van der Waals surface area contributed by atoms with Gasteiger partial charge in [-0.2, -0.15) is 5.26 Å². The van der Waals surface area contributed by atoms with Gasteiger partial charge in [0, 0.05) is 123 Å². The minimum Gasteiger partial charge on any atom is -0.504 e. The molecule has 0 amide bonds. The first-order valence-corrected chi connectivity index (χ1v) is 38.5. The molecule has 0 aliphatic carbocycles. The number of nitrogens with zero attached hydrogens (tertiary/aromatic N) is 6. The van der Waals surface area contributed by atoms with Crippen molar-refractivity contribution in [1.29, 1.82) is 5.26 Å².